The third-order valence-electron chi connectivity index (χ3n) is 5.33. The average molecular weight is 251 g/mol. The van der Waals surface area contributed by atoms with Gasteiger partial charge >= 0.3 is 0 Å². The average Bonchev–Trinajstić information content (AvgIpc) is 3.12. The fraction of sp³-hybridized carbons (Fsp3) is 1.00. The van der Waals surface area contributed by atoms with Crippen LogP contribution in [0.5, 0.6) is 0 Å². The van der Waals surface area contributed by atoms with Gasteiger partial charge in [-0.1, -0.05) is 27.7 Å². The second-order valence-corrected chi connectivity index (χ2v) is 7.84. The SMILES string of the molecule is CCCNCC1CCC(C(C)(C)C)CC1C1CC1. The van der Waals surface area contributed by atoms with Gasteiger partial charge in [0.1, 0.15) is 0 Å². The minimum atomic E-state index is 0.523. The molecule has 0 saturated heterocycles. The molecule has 2 saturated carbocycles. The van der Waals surface area contributed by atoms with E-state index in [2.05, 4.69) is 33.0 Å². The van der Waals surface area contributed by atoms with Gasteiger partial charge in [-0.25, -0.2) is 0 Å². The van der Waals surface area contributed by atoms with Crippen molar-refractivity contribution in [3.8, 4) is 0 Å². The lowest BCUT2D eigenvalue weighted by Crippen LogP contribution is -2.37. The fourth-order valence-electron chi connectivity index (χ4n) is 3.87. The highest BCUT2D eigenvalue weighted by Crippen LogP contribution is 2.51. The van der Waals surface area contributed by atoms with E-state index in [0.29, 0.717) is 5.41 Å². The van der Waals surface area contributed by atoms with Crippen molar-refractivity contribution >= 4 is 0 Å². The van der Waals surface area contributed by atoms with Crippen LogP contribution < -0.4 is 5.32 Å². The topological polar surface area (TPSA) is 12.0 Å². The number of hydrogen-bond donors (Lipinski definition) is 1. The molecule has 2 aliphatic carbocycles. The number of hydrogen-bond acceptors (Lipinski definition) is 1. The number of nitrogens with one attached hydrogen (secondary N) is 1. The van der Waals surface area contributed by atoms with E-state index in [-0.39, 0.29) is 0 Å². The fourth-order valence-corrected chi connectivity index (χ4v) is 3.87. The molecule has 0 aromatic rings. The van der Waals surface area contributed by atoms with E-state index in [1.54, 1.807) is 0 Å². The van der Waals surface area contributed by atoms with Gasteiger partial charge in [0, 0.05) is 0 Å². The minimum absolute atomic E-state index is 0.523. The number of rotatable bonds is 5. The summed E-state index contributed by atoms with van der Waals surface area (Å²) in [5.41, 5.74) is 0.523. The van der Waals surface area contributed by atoms with E-state index in [1.165, 1.54) is 51.6 Å². The first-order valence-corrected chi connectivity index (χ1v) is 8.23. The van der Waals surface area contributed by atoms with Crippen molar-refractivity contribution in [1.29, 1.82) is 0 Å². The van der Waals surface area contributed by atoms with Crippen molar-refractivity contribution in [2.75, 3.05) is 13.1 Å². The Labute approximate surface area is 114 Å². The van der Waals surface area contributed by atoms with Crippen LogP contribution in [0.1, 0.15) is 66.2 Å². The Balaban J connectivity index is 1.88. The van der Waals surface area contributed by atoms with Crippen LogP contribution in [0.4, 0.5) is 0 Å². The standard InChI is InChI=1S/C17H33N/c1-5-10-18-12-14-8-9-15(17(2,3)4)11-16(14)13-6-7-13/h13-16,18H,5-12H2,1-4H3. The van der Waals surface area contributed by atoms with Gasteiger partial charge in [-0.05, 0) is 80.7 Å². The summed E-state index contributed by atoms with van der Waals surface area (Å²) < 4.78 is 0. The van der Waals surface area contributed by atoms with Gasteiger partial charge in [0.05, 0.1) is 0 Å². The van der Waals surface area contributed by atoms with Gasteiger partial charge in [0.15, 0.2) is 0 Å². The molecule has 0 bridgehead atoms. The maximum atomic E-state index is 3.67. The normalized spacial score (nSPS) is 33.7. The highest BCUT2D eigenvalue weighted by molar-refractivity contribution is 4.93. The molecular weight excluding hydrogens is 218 g/mol. The summed E-state index contributed by atoms with van der Waals surface area (Å²) in [7, 11) is 0. The predicted octanol–water partition coefficient (Wildman–Crippen LogP) is 4.47. The van der Waals surface area contributed by atoms with Crippen LogP contribution in [0.2, 0.25) is 0 Å². The van der Waals surface area contributed by atoms with Crippen LogP contribution in [-0.4, -0.2) is 13.1 Å². The van der Waals surface area contributed by atoms with Gasteiger partial charge in [-0.3, -0.25) is 0 Å². The summed E-state index contributed by atoms with van der Waals surface area (Å²) in [6, 6.07) is 0. The molecule has 2 rings (SSSR count). The second kappa shape index (κ2) is 5.94. The van der Waals surface area contributed by atoms with Gasteiger partial charge in [0.25, 0.3) is 0 Å². The third-order valence-corrected chi connectivity index (χ3v) is 5.33. The van der Waals surface area contributed by atoms with E-state index in [1.807, 2.05) is 0 Å². The highest BCUT2D eigenvalue weighted by Gasteiger charge is 2.42. The third kappa shape index (κ3) is 3.73. The quantitative estimate of drug-likeness (QED) is 0.711. The summed E-state index contributed by atoms with van der Waals surface area (Å²) in [5.74, 6) is 4.06. The molecule has 2 fully saturated rings. The largest absolute Gasteiger partial charge is 0.316 e. The molecule has 18 heavy (non-hydrogen) atoms. The summed E-state index contributed by atoms with van der Waals surface area (Å²) in [4.78, 5) is 0. The summed E-state index contributed by atoms with van der Waals surface area (Å²) in [6.45, 7) is 12.1. The zero-order valence-corrected chi connectivity index (χ0v) is 13.0. The van der Waals surface area contributed by atoms with Crippen molar-refractivity contribution in [2.45, 2.75) is 66.2 Å². The zero-order chi connectivity index (χ0) is 13.2. The van der Waals surface area contributed by atoms with Crippen LogP contribution in [-0.2, 0) is 0 Å². The smallest absolute Gasteiger partial charge is 0.00178 e. The monoisotopic (exact) mass is 251 g/mol. The van der Waals surface area contributed by atoms with Gasteiger partial charge in [0.2, 0.25) is 0 Å². The first kappa shape index (κ1) is 14.4. The molecule has 1 nitrogen and oxygen atoms in total. The Bertz CT molecular complexity index is 249. The molecule has 1 N–H and O–H groups in total. The zero-order valence-electron chi connectivity index (χ0n) is 13.0. The molecule has 0 radical (unpaired) electrons. The van der Waals surface area contributed by atoms with Crippen molar-refractivity contribution in [2.24, 2.45) is 29.1 Å². The molecule has 106 valence electrons. The van der Waals surface area contributed by atoms with E-state index in [4.69, 9.17) is 0 Å². The van der Waals surface area contributed by atoms with Crippen LogP contribution >= 0.6 is 0 Å². The van der Waals surface area contributed by atoms with Crippen molar-refractivity contribution in [3.63, 3.8) is 0 Å². The van der Waals surface area contributed by atoms with Gasteiger partial charge < -0.3 is 5.32 Å². The van der Waals surface area contributed by atoms with Crippen LogP contribution in [0.15, 0.2) is 0 Å². The van der Waals surface area contributed by atoms with E-state index in [0.717, 1.165) is 23.7 Å². The predicted molar refractivity (Wildman–Crippen MR) is 79.7 cm³/mol. The Morgan fingerprint density at radius 1 is 1.06 bits per heavy atom. The summed E-state index contributed by atoms with van der Waals surface area (Å²) in [6.07, 6.45) is 8.75. The molecule has 3 unspecified atom stereocenters. The molecule has 0 aliphatic heterocycles. The van der Waals surface area contributed by atoms with Crippen molar-refractivity contribution in [1.82, 2.24) is 5.32 Å². The van der Waals surface area contributed by atoms with E-state index in [9.17, 15) is 0 Å². The maximum absolute atomic E-state index is 3.67. The Kier molecular flexibility index (Phi) is 4.75. The molecule has 0 amide bonds. The van der Waals surface area contributed by atoms with E-state index >= 15 is 0 Å². The van der Waals surface area contributed by atoms with Crippen molar-refractivity contribution in [3.05, 3.63) is 0 Å². The molecular formula is C17H33N. The molecule has 3 atom stereocenters. The minimum Gasteiger partial charge on any atom is -0.316 e. The second-order valence-electron chi connectivity index (χ2n) is 7.84. The lowest BCUT2D eigenvalue weighted by atomic mass is 9.64. The van der Waals surface area contributed by atoms with Gasteiger partial charge in [-0.15, -0.1) is 0 Å². The molecule has 1 heteroatoms. The Morgan fingerprint density at radius 2 is 1.78 bits per heavy atom. The first-order valence-electron chi connectivity index (χ1n) is 8.23. The maximum Gasteiger partial charge on any atom is -0.00178 e. The lowest BCUT2D eigenvalue weighted by molar-refractivity contribution is 0.0859. The molecule has 2 aliphatic rings. The molecule has 0 aromatic heterocycles. The van der Waals surface area contributed by atoms with Crippen molar-refractivity contribution < 1.29 is 0 Å². The van der Waals surface area contributed by atoms with Crippen LogP contribution in [0.3, 0.4) is 0 Å². The van der Waals surface area contributed by atoms with Crippen LogP contribution in [0.25, 0.3) is 0 Å². The molecule has 0 spiro atoms. The molecule has 0 aromatic carbocycles. The Hall–Kier alpha value is -0.0400. The first-order chi connectivity index (χ1) is 8.52. The Morgan fingerprint density at radius 3 is 2.33 bits per heavy atom. The molecule has 0 heterocycles. The van der Waals surface area contributed by atoms with E-state index < -0.39 is 0 Å². The summed E-state index contributed by atoms with van der Waals surface area (Å²) >= 11 is 0. The van der Waals surface area contributed by atoms with Gasteiger partial charge in [-0.2, -0.15) is 0 Å². The highest BCUT2D eigenvalue weighted by atomic mass is 14.9. The lowest BCUT2D eigenvalue weighted by Gasteiger charge is -2.42. The summed E-state index contributed by atoms with van der Waals surface area (Å²) in [5, 5.41) is 3.67. The van der Waals surface area contributed by atoms with Crippen LogP contribution in [0, 0.1) is 29.1 Å².